The first-order chi connectivity index (χ1) is 9.86. The molecule has 0 saturated heterocycles. The van der Waals surface area contributed by atoms with Crippen LogP contribution in [-0.2, 0) is 5.41 Å². The van der Waals surface area contributed by atoms with Crippen LogP contribution in [0.2, 0.25) is 0 Å². The molecule has 2 rings (SSSR count). The van der Waals surface area contributed by atoms with E-state index in [1.165, 1.54) is 5.56 Å². The van der Waals surface area contributed by atoms with Gasteiger partial charge in [-0.05, 0) is 45.1 Å². The molecule has 1 amide bonds. The highest BCUT2D eigenvalue weighted by Gasteiger charge is 2.14. The predicted molar refractivity (Wildman–Crippen MR) is 92.2 cm³/mol. The van der Waals surface area contributed by atoms with Gasteiger partial charge in [0.2, 0.25) is 0 Å². The minimum absolute atomic E-state index is 0.0831. The summed E-state index contributed by atoms with van der Waals surface area (Å²) in [5.74, 6) is -0.206. The molecule has 110 valence electrons. The number of rotatable bonds is 3. The van der Waals surface area contributed by atoms with E-state index in [4.69, 9.17) is 0 Å². The number of halogens is 1. The Kier molecular flexibility index (Phi) is 4.96. The average molecular weight is 365 g/mol. The van der Waals surface area contributed by atoms with Gasteiger partial charge >= 0.3 is 0 Å². The van der Waals surface area contributed by atoms with Crippen molar-refractivity contribution < 1.29 is 4.79 Å². The van der Waals surface area contributed by atoms with Crippen LogP contribution in [0.15, 0.2) is 45.3 Å². The van der Waals surface area contributed by atoms with Crippen LogP contribution in [0.3, 0.4) is 0 Å². The Morgan fingerprint density at radius 2 is 1.95 bits per heavy atom. The molecular formula is C16H17BrN2OS. The highest BCUT2D eigenvalue weighted by molar-refractivity contribution is 9.10. The van der Waals surface area contributed by atoms with Crippen molar-refractivity contribution in [2.75, 3.05) is 0 Å². The van der Waals surface area contributed by atoms with Crippen molar-refractivity contribution in [1.82, 2.24) is 5.43 Å². The third-order valence-electron chi connectivity index (χ3n) is 2.96. The predicted octanol–water partition coefficient (Wildman–Crippen LogP) is 4.57. The van der Waals surface area contributed by atoms with Crippen molar-refractivity contribution in [1.29, 1.82) is 0 Å². The zero-order valence-electron chi connectivity index (χ0n) is 12.2. The van der Waals surface area contributed by atoms with Gasteiger partial charge in [0.1, 0.15) is 0 Å². The molecule has 0 atom stereocenters. The first kappa shape index (κ1) is 15.9. The van der Waals surface area contributed by atoms with E-state index in [9.17, 15) is 4.79 Å². The molecule has 0 unspecified atom stereocenters. The highest BCUT2D eigenvalue weighted by atomic mass is 79.9. The Balaban J connectivity index is 1.99. The number of benzene rings is 1. The first-order valence-corrected chi connectivity index (χ1v) is 8.21. The largest absolute Gasteiger partial charge is 0.271 e. The highest BCUT2D eigenvalue weighted by Crippen LogP contribution is 2.22. The molecule has 0 radical (unpaired) electrons. The van der Waals surface area contributed by atoms with E-state index in [0.717, 1.165) is 9.35 Å². The van der Waals surface area contributed by atoms with Gasteiger partial charge in [0.25, 0.3) is 5.91 Å². The number of hydrogen-bond donors (Lipinski definition) is 1. The second-order valence-corrected chi connectivity index (χ2v) is 7.55. The van der Waals surface area contributed by atoms with Crippen molar-refractivity contribution in [2.24, 2.45) is 5.10 Å². The van der Waals surface area contributed by atoms with E-state index < -0.39 is 0 Å². The lowest BCUT2D eigenvalue weighted by Gasteiger charge is -2.18. The van der Waals surface area contributed by atoms with Crippen molar-refractivity contribution in [3.05, 3.63) is 56.2 Å². The molecule has 5 heteroatoms. The van der Waals surface area contributed by atoms with Crippen molar-refractivity contribution in [2.45, 2.75) is 26.2 Å². The van der Waals surface area contributed by atoms with Crippen LogP contribution >= 0.6 is 27.3 Å². The van der Waals surface area contributed by atoms with Crippen LogP contribution in [0.25, 0.3) is 0 Å². The fourth-order valence-electron chi connectivity index (χ4n) is 1.74. The second kappa shape index (κ2) is 6.54. The Labute approximate surface area is 137 Å². The quantitative estimate of drug-likeness (QED) is 0.628. The smallest absolute Gasteiger partial charge is 0.267 e. The van der Waals surface area contributed by atoms with Gasteiger partial charge in [0, 0.05) is 20.3 Å². The Morgan fingerprint density at radius 3 is 2.48 bits per heavy atom. The van der Waals surface area contributed by atoms with Gasteiger partial charge in [0.15, 0.2) is 0 Å². The molecule has 3 nitrogen and oxygen atoms in total. The standard InChI is InChI=1S/C16H17BrN2OS/c1-16(2,3)12-6-4-11(5-7-12)15(20)19-18-9-14-8-13(17)10-21-14/h4-10H,1-3H3,(H,19,20)/b18-9-. The summed E-state index contributed by atoms with van der Waals surface area (Å²) in [6, 6.07) is 9.56. The molecule has 1 N–H and O–H groups in total. The Morgan fingerprint density at radius 1 is 1.29 bits per heavy atom. The lowest BCUT2D eigenvalue weighted by Crippen LogP contribution is -2.18. The van der Waals surface area contributed by atoms with E-state index in [1.54, 1.807) is 17.6 Å². The van der Waals surface area contributed by atoms with Gasteiger partial charge < -0.3 is 0 Å². The van der Waals surface area contributed by atoms with E-state index in [-0.39, 0.29) is 11.3 Å². The Hall–Kier alpha value is -1.46. The molecule has 2 aromatic rings. The summed E-state index contributed by atoms with van der Waals surface area (Å²) in [5.41, 5.74) is 4.42. The SMILES string of the molecule is CC(C)(C)c1ccc(C(=O)N/N=C\c2cc(Br)cs2)cc1. The number of thiophene rings is 1. The lowest BCUT2D eigenvalue weighted by molar-refractivity contribution is 0.0955. The fraction of sp³-hybridized carbons (Fsp3) is 0.250. The van der Waals surface area contributed by atoms with Crippen LogP contribution in [-0.4, -0.2) is 12.1 Å². The third-order valence-corrected chi connectivity index (χ3v) is 4.59. The summed E-state index contributed by atoms with van der Waals surface area (Å²) < 4.78 is 1.01. The van der Waals surface area contributed by atoms with Crippen LogP contribution in [0.5, 0.6) is 0 Å². The van der Waals surface area contributed by atoms with Gasteiger partial charge in [-0.1, -0.05) is 32.9 Å². The number of carbonyl (C=O) groups excluding carboxylic acids is 1. The zero-order chi connectivity index (χ0) is 15.5. The summed E-state index contributed by atoms with van der Waals surface area (Å²) >= 11 is 4.93. The molecule has 1 aromatic carbocycles. The molecule has 0 aliphatic carbocycles. The topological polar surface area (TPSA) is 41.5 Å². The molecule has 0 bridgehead atoms. The summed E-state index contributed by atoms with van der Waals surface area (Å²) in [6.45, 7) is 6.43. The van der Waals surface area contributed by atoms with Gasteiger partial charge in [-0.15, -0.1) is 11.3 Å². The molecular weight excluding hydrogens is 348 g/mol. The molecule has 0 spiro atoms. The third kappa shape index (κ3) is 4.51. The lowest BCUT2D eigenvalue weighted by atomic mass is 9.87. The number of amides is 1. The second-order valence-electron chi connectivity index (χ2n) is 5.69. The van der Waals surface area contributed by atoms with E-state index in [1.807, 2.05) is 35.7 Å². The molecule has 0 saturated carbocycles. The maximum absolute atomic E-state index is 12.0. The number of carbonyl (C=O) groups is 1. The molecule has 1 aromatic heterocycles. The van der Waals surface area contributed by atoms with E-state index >= 15 is 0 Å². The normalized spacial score (nSPS) is 11.8. The molecule has 0 aliphatic rings. The van der Waals surface area contributed by atoms with Gasteiger partial charge in [0.05, 0.1) is 6.21 Å². The summed E-state index contributed by atoms with van der Waals surface area (Å²) in [7, 11) is 0. The summed E-state index contributed by atoms with van der Waals surface area (Å²) in [4.78, 5) is 12.9. The number of hydrogen-bond acceptors (Lipinski definition) is 3. The first-order valence-electron chi connectivity index (χ1n) is 6.54. The monoisotopic (exact) mass is 364 g/mol. The maximum atomic E-state index is 12.0. The van der Waals surface area contributed by atoms with Crippen LogP contribution < -0.4 is 5.43 Å². The van der Waals surface area contributed by atoms with Gasteiger partial charge in [-0.3, -0.25) is 4.79 Å². The number of hydrazone groups is 1. The molecule has 0 fully saturated rings. The maximum Gasteiger partial charge on any atom is 0.271 e. The summed E-state index contributed by atoms with van der Waals surface area (Å²) in [5, 5.41) is 5.93. The summed E-state index contributed by atoms with van der Waals surface area (Å²) in [6.07, 6.45) is 1.64. The van der Waals surface area contributed by atoms with Crippen molar-refractivity contribution in [3.8, 4) is 0 Å². The minimum atomic E-state index is -0.206. The minimum Gasteiger partial charge on any atom is -0.267 e. The van der Waals surface area contributed by atoms with Gasteiger partial charge in [-0.2, -0.15) is 5.10 Å². The van der Waals surface area contributed by atoms with Crippen LogP contribution in [0.1, 0.15) is 41.6 Å². The number of nitrogens with one attached hydrogen (secondary N) is 1. The number of nitrogens with zero attached hydrogens (tertiary/aromatic N) is 1. The van der Waals surface area contributed by atoms with E-state index in [0.29, 0.717) is 5.56 Å². The zero-order valence-corrected chi connectivity index (χ0v) is 14.6. The van der Waals surface area contributed by atoms with Crippen LogP contribution in [0, 0.1) is 0 Å². The van der Waals surface area contributed by atoms with Gasteiger partial charge in [-0.25, -0.2) is 5.43 Å². The van der Waals surface area contributed by atoms with E-state index in [2.05, 4.69) is 47.2 Å². The van der Waals surface area contributed by atoms with Crippen molar-refractivity contribution >= 4 is 39.4 Å². The Bertz CT molecular complexity index is 654. The fourth-order valence-corrected chi connectivity index (χ4v) is 3.04. The van der Waals surface area contributed by atoms with Crippen LogP contribution in [0.4, 0.5) is 0 Å². The average Bonchev–Trinajstić information content (AvgIpc) is 2.83. The molecule has 0 aliphatic heterocycles. The van der Waals surface area contributed by atoms with Crippen molar-refractivity contribution in [3.63, 3.8) is 0 Å². The molecule has 1 heterocycles. The molecule has 21 heavy (non-hydrogen) atoms.